The van der Waals surface area contributed by atoms with E-state index in [9.17, 15) is 0 Å². The quantitative estimate of drug-likeness (QED) is 0.171. The summed E-state index contributed by atoms with van der Waals surface area (Å²) in [5.41, 5.74) is 14.6. The summed E-state index contributed by atoms with van der Waals surface area (Å²) in [7, 11) is 0. The van der Waals surface area contributed by atoms with Crippen molar-refractivity contribution in [3.63, 3.8) is 0 Å². The predicted molar refractivity (Wildman–Crippen MR) is 227 cm³/mol. The minimum absolute atomic E-state index is 0.658. The van der Waals surface area contributed by atoms with Crippen molar-refractivity contribution in [1.82, 2.24) is 15.0 Å². The van der Waals surface area contributed by atoms with Crippen molar-refractivity contribution >= 4 is 43.9 Å². The first kappa shape index (κ1) is 31.9. The lowest BCUT2D eigenvalue weighted by molar-refractivity contribution is 0.669. The molecule has 0 aliphatic rings. The molecule has 5 nitrogen and oxygen atoms in total. The lowest BCUT2D eigenvalue weighted by atomic mass is 9.93. The number of furan rings is 2. The maximum Gasteiger partial charge on any atom is 0.160 e. The van der Waals surface area contributed by atoms with E-state index in [1.807, 2.05) is 54.7 Å². The SMILES string of the molecule is c1ccc(-c2cc(-c3cccc(-c4cccnc4)c3)nc(-c3ccc(-c4ccc(-c5ccc6oc7ccccc7c6c5)c5c4oc4ccccc45)cc3)n2)cc1. The molecule has 4 heterocycles. The summed E-state index contributed by atoms with van der Waals surface area (Å²) in [6.07, 6.45) is 3.68. The highest BCUT2D eigenvalue weighted by atomic mass is 16.3. The fraction of sp³-hybridized carbons (Fsp3) is 0. The molecule has 5 heteroatoms. The number of hydrogen-bond donors (Lipinski definition) is 0. The fourth-order valence-corrected chi connectivity index (χ4v) is 7.86. The molecule has 0 N–H and O–H groups in total. The van der Waals surface area contributed by atoms with Crippen molar-refractivity contribution < 1.29 is 8.83 Å². The van der Waals surface area contributed by atoms with Gasteiger partial charge in [-0.15, -0.1) is 0 Å². The van der Waals surface area contributed by atoms with Gasteiger partial charge in [0.1, 0.15) is 22.3 Å². The van der Waals surface area contributed by atoms with E-state index in [2.05, 4.69) is 132 Å². The van der Waals surface area contributed by atoms with Crippen molar-refractivity contribution in [2.75, 3.05) is 0 Å². The summed E-state index contributed by atoms with van der Waals surface area (Å²) in [6.45, 7) is 0. The van der Waals surface area contributed by atoms with Gasteiger partial charge in [-0.25, -0.2) is 9.97 Å². The zero-order valence-corrected chi connectivity index (χ0v) is 30.1. The van der Waals surface area contributed by atoms with Gasteiger partial charge in [-0.05, 0) is 70.8 Å². The van der Waals surface area contributed by atoms with Crippen LogP contribution < -0.4 is 0 Å². The van der Waals surface area contributed by atoms with E-state index in [-0.39, 0.29) is 0 Å². The summed E-state index contributed by atoms with van der Waals surface area (Å²) >= 11 is 0. The molecule has 7 aromatic carbocycles. The molecule has 0 aliphatic carbocycles. The molecule has 262 valence electrons. The monoisotopic (exact) mass is 717 g/mol. The van der Waals surface area contributed by atoms with Crippen molar-refractivity contribution in [2.24, 2.45) is 0 Å². The first-order valence-corrected chi connectivity index (χ1v) is 18.7. The smallest absolute Gasteiger partial charge is 0.160 e. The van der Waals surface area contributed by atoms with E-state index < -0.39 is 0 Å². The molecule has 0 saturated heterocycles. The summed E-state index contributed by atoms with van der Waals surface area (Å²) in [6, 6.07) is 60.6. The largest absolute Gasteiger partial charge is 0.456 e. The van der Waals surface area contributed by atoms with E-state index >= 15 is 0 Å². The molecule has 0 radical (unpaired) electrons. The topological polar surface area (TPSA) is 65.0 Å². The minimum Gasteiger partial charge on any atom is -0.456 e. The molecule has 0 unspecified atom stereocenters. The van der Waals surface area contributed by atoms with Crippen LogP contribution in [0.2, 0.25) is 0 Å². The van der Waals surface area contributed by atoms with Gasteiger partial charge in [-0.2, -0.15) is 0 Å². The second kappa shape index (κ2) is 13.0. The van der Waals surface area contributed by atoms with E-state index in [1.54, 1.807) is 6.20 Å². The highest BCUT2D eigenvalue weighted by molar-refractivity contribution is 6.17. The summed E-state index contributed by atoms with van der Waals surface area (Å²) < 4.78 is 12.8. The Bertz CT molecular complexity index is 3240. The molecular formula is C51H31N3O2. The van der Waals surface area contributed by atoms with Crippen LogP contribution in [0, 0.1) is 0 Å². The molecule has 56 heavy (non-hydrogen) atoms. The Morgan fingerprint density at radius 1 is 0.357 bits per heavy atom. The van der Waals surface area contributed by atoms with Gasteiger partial charge >= 0.3 is 0 Å². The number of fused-ring (bicyclic) bond motifs is 6. The molecule has 4 aromatic heterocycles. The number of hydrogen-bond acceptors (Lipinski definition) is 5. The molecule has 11 rings (SSSR count). The Morgan fingerprint density at radius 3 is 1.82 bits per heavy atom. The van der Waals surface area contributed by atoms with Crippen LogP contribution in [0.15, 0.2) is 197 Å². The minimum atomic E-state index is 0.658. The molecule has 0 amide bonds. The van der Waals surface area contributed by atoms with Gasteiger partial charge in [-0.3, -0.25) is 4.98 Å². The molecular weight excluding hydrogens is 687 g/mol. The van der Waals surface area contributed by atoms with Crippen molar-refractivity contribution in [3.05, 3.63) is 188 Å². The molecule has 0 bridgehead atoms. The molecule has 11 aromatic rings. The second-order valence-electron chi connectivity index (χ2n) is 14.0. The maximum absolute atomic E-state index is 6.68. The lowest BCUT2D eigenvalue weighted by Gasteiger charge is -2.12. The zero-order chi connectivity index (χ0) is 37.0. The van der Waals surface area contributed by atoms with Crippen LogP contribution in [0.5, 0.6) is 0 Å². The van der Waals surface area contributed by atoms with E-state index in [4.69, 9.17) is 18.8 Å². The van der Waals surface area contributed by atoms with Crippen molar-refractivity contribution in [1.29, 1.82) is 0 Å². The lowest BCUT2D eigenvalue weighted by Crippen LogP contribution is -1.96. The van der Waals surface area contributed by atoms with E-state index in [0.717, 1.165) is 105 Å². The molecule has 0 atom stereocenters. The first-order valence-electron chi connectivity index (χ1n) is 18.7. The Labute approximate surface area is 322 Å². The highest BCUT2D eigenvalue weighted by Crippen LogP contribution is 2.43. The Hall–Kier alpha value is -7.63. The summed E-state index contributed by atoms with van der Waals surface area (Å²) in [5.74, 6) is 0.658. The average molecular weight is 718 g/mol. The van der Waals surface area contributed by atoms with Crippen LogP contribution in [0.25, 0.3) is 111 Å². The first-order chi connectivity index (χ1) is 27.7. The van der Waals surface area contributed by atoms with Gasteiger partial charge in [0, 0.05) is 61.8 Å². The molecule has 0 aliphatic heterocycles. The van der Waals surface area contributed by atoms with E-state index in [0.29, 0.717) is 5.82 Å². The Kier molecular flexibility index (Phi) is 7.42. The second-order valence-corrected chi connectivity index (χ2v) is 14.0. The average Bonchev–Trinajstić information content (AvgIpc) is 3.85. The van der Waals surface area contributed by atoms with Crippen LogP contribution in [0.1, 0.15) is 0 Å². The van der Waals surface area contributed by atoms with Crippen LogP contribution in [0.4, 0.5) is 0 Å². The molecule has 0 saturated carbocycles. The number of nitrogens with zero attached hydrogens (tertiary/aromatic N) is 3. The Morgan fingerprint density at radius 2 is 1.00 bits per heavy atom. The predicted octanol–water partition coefficient (Wildman–Crippen LogP) is 13.7. The highest BCUT2D eigenvalue weighted by Gasteiger charge is 2.19. The summed E-state index contributed by atoms with van der Waals surface area (Å²) in [4.78, 5) is 14.6. The normalized spacial score (nSPS) is 11.6. The number of para-hydroxylation sites is 2. The third-order valence-corrected chi connectivity index (χ3v) is 10.6. The zero-order valence-electron chi connectivity index (χ0n) is 30.1. The molecule has 0 fully saturated rings. The van der Waals surface area contributed by atoms with E-state index in [1.165, 1.54) is 0 Å². The standard InChI is InChI=1S/C51H31N3O2/c1-2-10-33(11-3-1)44-30-45(37-13-8-12-35(28-37)38-14-9-27-52-31-38)54-51(53-44)34-21-19-32(20-22-34)40-25-24-39(49-42-16-5-7-18-47(42)56-50(40)49)36-23-26-48-43(29-36)41-15-4-6-17-46(41)55-48/h1-31H. The number of rotatable bonds is 6. The Balaban J connectivity index is 1.02. The third-order valence-electron chi connectivity index (χ3n) is 10.6. The van der Waals surface area contributed by atoms with Crippen LogP contribution in [0.3, 0.4) is 0 Å². The van der Waals surface area contributed by atoms with Crippen molar-refractivity contribution in [3.8, 4) is 67.3 Å². The van der Waals surface area contributed by atoms with Gasteiger partial charge in [0.2, 0.25) is 0 Å². The number of pyridine rings is 1. The third kappa shape index (κ3) is 5.45. The van der Waals surface area contributed by atoms with Crippen LogP contribution >= 0.6 is 0 Å². The maximum atomic E-state index is 6.68. The fourth-order valence-electron chi connectivity index (χ4n) is 7.86. The summed E-state index contributed by atoms with van der Waals surface area (Å²) in [5, 5.41) is 4.38. The number of benzene rings is 7. The van der Waals surface area contributed by atoms with Gasteiger partial charge < -0.3 is 8.83 Å². The van der Waals surface area contributed by atoms with Crippen molar-refractivity contribution in [2.45, 2.75) is 0 Å². The van der Waals surface area contributed by atoms with Gasteiger partial charge in [-0.1, -0.05) is 127 Å². The van der Waals surface area contributed by atoms with Gasteiger partial charge in [0.05, 0.1) is 11.4 Å². The van der Waals surface area contributed by atoms with Crippen LogP contribution in [-0.4, -0.2) is 15.0 Å². The van der Waals surface area contributed by atoms with Crippen LogP contribution in [-0.2, 0) is 0 Å². The molecule has 0 spiro atoms. The van der Waals surface area contributed by atoms with Gasteiger partial charge in [0.25, 0.3) is 0 Å². The van der Waals surface area contributed by atoms with Gasteiger partial charge in [0.15, 0.2) is 5.82 Å². The number of aromatic nitrogens is 3.